The number of amides is 1. The molecule has 3 heterocycles. The molecule has 11 heteroatoms. The first-order valence-electron chi connectivity index (χ1n) is 7.95. The Morgan fingerprint density at radius 2 is 2.19 bits per heavy atom. The number of carbonyl (C=O) groups is 1. The standard InChI is InChI=1S/C16H16ClF3N6O/c1-8-6-11(24-12-3-5-23-25-12)10(21)7-26(8)15(27)9-2-4-22-14(13(9)17)16(18,19)20/h2-5,8H,6-7,21H2,1H3,(H2,23,24,25). The van der Waals surface area contributed by atoms with E-state index in [1.54, 1.807) is 19.2 Å². The molecule has 3 rings (SSSR count). The number of alkyl halides is 3. The first kappa shape index (κ1) is 19.0. The first-order valence-corrected chi connectivity index (χ1v) is 8.33. The van der Waals surface area contributed by atoms with Gasteiger partial charge in [0.1, 0.15) is 0 Å². The summed E-state index contributed by atoms with van der Waals surface area (Å²) >= 11 is 5.82. The zero-order valence-corrected chi connectivity index (χ0v) is 14.9. The van der Waals surface area contributed by atoms with Crippen molar-refractivity contribution in [1.29, 1.82) is 0 Å². The maximum absolute atomic E-state index is 13.0. The molecule has 1 unspecified atom stereocenters. The molecular weight excluding hydrogens is 385 g/mol. The molecule has 4 N–H and O–H groups in total. The van der Waals surface area contributed by atoms with E-state index in [0.717, 1.165) is 6.20 Å². The van der Waals surface area contributed by atoms with E-state index in [2.05, 4.69) is 20.5 Å². The normalized spacial score (nSPS) is 18.0. The highest BCUT2D eigenvalue weighted by atomic mass is 35.5. The van der Waals surface area contributed by atoms with Crippen LogP contribution in [-0.2, 0) is 6.18 Å². The summed E-state index contributed by atoms with van der Waals surface area (Å²) in [6.07, 6.45) is -1.80. The molecule has 1 aliphatic heterocycles. The maximum Gasteiger partial charge on any atom is 0.434 e. The Balaban J connectivity index is 1.85. The lowest BCUT2D eigenvalue weighted by atomic mass is 10.0. The molecule has 0 spiro atoms. The van der Waals surface area contributed by atoms with Crippen LogP contribution in [0.1, 0.15) is 29.4 Å². The van der Waals surface area contributed by atoms with Gasteiger partial charge in [-0.25, -0.2) is 0 Å². The van der Waals surface area contributed by atoms with Gasteiger partial charge in [0, 0.05) is 42.3 Å². The van der Waals surface area contributed by atoms with Crippen LogP contribution in [0.25, 0.3) is 0 Å². The molecule has 144 valence electrons. The Morgan fingerprint density at radius 3 is 2.81 bits per heavy atom. The molecule has 2 aromatic rings. The molecule has 1 amide bonds. The first-order chi connectivity index (χ1) is 12.7. The number of nitrogens with zero attached hydrogens (tertiary/aromatic N) is 3. The molecule has 0 fully saturated rings. The van der Waals surface area contributed by atoms with Gasteiger partial charge in [0.05, 0.1) is 17.1 Å². The van der Waals surface area contributed by atoms with E-state index >= 15 is 0 Å². The molecule has 7 nitrogen and oxygen atoms in total. The highest BCUT2D eigenvalue weighted by Crippen LogP contribution is 2.35. The number of hydrogen-bond donors (Lipinski definition) is 3. The van der Waals surface area contributed by atoms with Crippen LogP contribution in [0.4, 0.5) is 19.0 Å². The number of carbonyl (C=O) groups excluding carboxylic acids is 1. The lowest BCUT2D eigenvalue weighted by Crippen LogP contribution is -2.45. The van der Waals surface area contributed by atoms with Gasteiger partial charge < -0.3 is 16.0 Å². The summed E-state index contributed by atoms with van der Waals surface area (Å²) in [7, 11) is 0. The molecule has 1 aliphatic rings. The summed E-state index contributed by atoms with van der Waals surface area (Å²) in [6.45, 7) is 1.82. The Hall–Kier alpha value is -2.75. The lowest BCUT2D eigenvalue weighted by molar-refractivity contribution is -0.141. The number of pyridine rings is 1. The molecule has 0 saturated heterocycles. The second kappa shape index (κ2) is 7.10. The van der Waals surface area contributed by atoms with Crippen molar-refractivity contribution in [3.63, 3.8) is 0 Å². The Morgan fingerprint density at radius 1 is 1.44 bits per heavy atom. The number of anilines is 1. The minimum atomic E-state index is -4.75. The molecule has 0 aromatic carbocycles. The zero-order chi connectivity index (χ0) is 19.8. The van der Waals surface area contributed by atoms with Gasteiger partial charge in [-0.1, -0.05) is 11.6 Å². The number of aromatic nitrogens is 3. The van der Waals surface area contributed by atoms with Gasteiger partial charge in [0.2, 0.25) is 0 Å². The SMILES string of the molecule is CC1CC(Nc2cc[nH]n2)=C(N)CN1C(=O)c1ccnc(C(F)(F)F)c1Cl. The topological polar surface area (TPSA) is 99.9 Å². The average Bonchev–Trinajstić information content (AvgIpc) is 3.09. The van der Waals surface area contributed by atoms with Crippen molar-refractivity contribution in [2.75, 3.05) is 11.9 Å². The van der Waals surface area contributed by atoms with Crippen molar-refractivity contribution in [3.8, 4) is 0 Å². The minimum absolute atomic E-state index is 0.0484. The van der Waals surface area contributed by atoms with Crippen LogP contribution in [0.5, 0.6) is 0 Å². The Labute approximate surface area is 157 Å². The highest BCUT2D eigenvalue weighted by Gasteiger charge is 2.38. The van der Waals surface area contributed by atoms with E-state index in [0.29, 0.717) is 23.6 Å². The second-order valence-electron chi connectivity index (χ2n) is 6.09. The number of hydrogen-bond acceptors (Lipinski definition) is 5. The third kappa shape index (κ3) is 3.85. The highest BCUT2D eigenvalue weighted by molar-refractivity contribution is 6.34. The van der Waals surface area contributed by atoms with Crippen molar-refractivity contribution in [2.24, 2.45) is 5.73 Å². The van der Waals surface area contributed by atoms with Gasteiger partial charge in [-0.3, -0.25) is 14.9 Å². The van der Waals surface area contributed by atoms with Crippen LogP contribution >= 0.6 is 11.6 Å². The van der Waals surface area contributed by atoms with E-state index in [1.165, 1.54) is 11.0 Å². The summed E-state index contributed by atoms with van der Waals surface area (Å²) in [5.41, 5.74) is 5.61. The van der Waals surface area contributed by atoms with E-state index in [-0.39, 0.29) is 18.2 Å². The number of aromatic amines is 1. The van der Waals surface area contributed by atoms with Gasteiger partial charge in [0.25, 0.3) is 5.91 Å². The largest absolute Gasteiger partial charge is 0.434 e. The quantitative estimate of drug-likeness (QED) is 0.735. The van der Waals surface area contributed by atoms with E-state index < -0.39 is 22.8 Å². The Bertz CT molecular complexity index is 881. The van der Waals surface area contributed by atoms with Crippen LogP contribution in [0.3, 0.4) is 0 Å². The fourth-order valence-electron chi connectivity index (χ4n) is 2.82. The van der Waals surface area contributed by atoms with E-state index in [4.69, 9.17) is 17.3 Å². The Kier molecular flexibility index (Phi) is 5.01. The van der Waals surface area contributed by atoms with Crippen molar-refractivity contribution in [2.45, 2.75) is 25.6 Å². The predicted octanol–water partition coefficient (Wildman–Crippen LogP) is 2.99. The van der Waals surface area contributed by atoms with Gasteiger partial charge in [-0.05, 0) is 13.0 Å². The van der Waals surface area contributed by atoms with Gasteiger partial charge in [-0.15, -0.1) is 0 Å². The molecule has 0 bridgehead atoms. The number of nitrogens with one attached hydrogen (secondary N) is 2. The van der Waals surface area contributed by atoms with Gasteiger partial charge in [0.15, 0.2) is 11.5 Å². The smallest absolute Gasteiger partial charge is 0.399 e. The monoisotopic (exact) mass is 400 g/mol. The number of nitrogens with two attached hydrogens (primary N) is 1. The molecule has 1 atom stereocenters. The van der Waals surface area contributed by atoms with E-state index in [9.17, 15) is 18.0 Å². The van der Waals surface area contributed by atoms with Crippen molar-refractivity contribution < 1.29 is 18.0 Å². The lowest BCUT2D eigenvalue weighted by Gasteiger charge is -2.35. The van der Waals surface area contributed by atoms with E-state index in [1.807, 2.05) is 0 Å². The zero-order valence-electron chi connectivity index (χ0n) is 14.1. The number of H-pyrrole nitrogens is 1. The minimum Gasteiger partial charge on any atom is -0.399 e. The predicted molar refractivity (Wildman–Crippen MR) is 92.8 cm³/mol. The van der Waals surface area contributed by atoms with Crippen LogP contribution in [0.15, 0.2) is 35.9 Å². The number of rotatable bonds is 3. The molecule has 0 radical (unpaired) electrons. The summed E-state index contributed by atoms with van der Waals surface area (Å²) in [6, 6.07) is 2.58. The summed E-state index contributed by atoms with van der Waals surface area (Å²) < 4.78 is 39.0. The fraction of sp³-hybridized carbons (Fsp3) is 0.312. The third-order valence-corrected chi connectivity index (χ3v) is 4.57. The maximum atomic E-state index is 13.0. The van der Waals surface area contributed by atoms with Crippen molar-refractivity contribution in [3.05, 3.63) is 52.2 Å². The molecule has 2 aromatic heterocycles. The van der Waals surface area contributed by atoms with Crippen molar-refractivity contribution in [1.82, 2.24) is 20.1 Å². The summed E-state index contributed by atoms with van der Waals surface area (Å²) in [4.78, 5) is 17.4. The van der Waals surface area contributed by atoms with Crippen molar-refractivity contribution >= 4 is 23.3 Å². The fourth-order valence-corrected chi connectivity index (χ4v) is 3.12. The number of halogens is 4. The third-order valence-electron chi connectivity index (χ3n) is 4.19. The summed E-state index contributed by atoms with van der Waals surface area (Å²) in [5, 5.41) is 9.00. The second-order valence-corrected chi connectivity index (χ2v) is 6.47. The van der Waals surface area contributed by atoms with Crippen LogP contribution in [-0.4, -0.2) is 38.6 Å². The van der Waals surface area contributed by atoms with Crippen LogP contribution in [0.2, 0.25) is 5.02 Å². The average molecular weight is 401 g/mol. The molecule has 0 aliphatic carbocycles. The molecule has 27 heavy (non-hydrogen) atoms. The molecule has 0 saturated carbocycles. The van der Waals surface area contributed by atoms with Gasteiger partial charge >= 0.3 is 6.18 Å². The van der Waals surface area contributed by atoms with Gasteiger partial charge in [-0.2, -0.15) is 18.3 Å². The summed E-state index contributed by atoms with van der Waals surface area (Å²) in [5.74, 6) is -0.0610. The van der Waals surface area contributed by atoms with Crippen LogP contribution in [0, 0.1) is 0 Å². The van der Waals surface area contributed by atoms with Crippen LogP contribution < -0.4 is 11.1 Å². The molecular formula is C16H16ClF3N6O.